The summed E-state index contributed by atoms with van der Waals surface area (Å²) in [6.07, 6.45) is -4.65. The molecule has 3 aromatic rings. The second-order valence-electron chi connectivity index (χ2n) is 6.60. The summed E-state index contributed by atoms with van der Waals surface area (Å²) >= 11 is 0.831. The van der Waals surface area contributed by atoms with Crippen molar-refractivity contribution < 1.29 is 27.4 Å². The molecule has 1 heterocycles. The summed E-state index contributed by atoms with van der Waals surface area (Å²) in [6, 6.07) is 14.2. The fourth-order valence-corrected chi connectivity index (χ4v) is 3.51. The Kier molecular flexibility index (Phi) is 7.24. The number of carbonyl (C=O) groups excluding carboxylic acids is 1. The van der Waals surface area contributed by atoms with E-state index >= 15 is 0 Å². The summed E-state index contributed by atoms with van der Waals surface area (Å²) in [7, 11) is 2.95. The van der Waals surface area contributed by atoms with Crippen molar-refractivity contribution in [3.8, 4) is 22.8 Å². The van der Waals surface area contributed by atoms with Gasteiger partial charge in [0.1, 0.15) is 17.2 Å². The van der Waals surface area contributed by atoms with E-state index in [1.165, 1.54) is 14.2 Å². The van der Waals surface area contributed by atoms with Crippen LogP contribution in [0.15, 0.2) is 59.8 Å². The van der Waals surface area contributed by atoms with Crippen LogP contribution in [0, 0.1) is 0 Å². The van der Waals surface area contributed by atoms with Gasteiger partial charge in [0.2, 0.25) is 5.91 Å². The molecule has 0 aliphatic heterocycles. The minimum Gasteiger partial charge on any atom is -0.497 e. The highest BCUT2D eigenvalue weighted by atomic mass is 32.2. The number of halogens is 3. The minimum atomic E-state index is -4.65. The van der Waals surface area contributed by atoms with Crippen molar-refractivity contribution in [1.82, 2.24) is 9.97 Å². The molecule has 0 bridgehead atoms. The zero-order valence-corrected chi connectivity index (χ0v) is 18.3. The number of methoxy groups -OCH3 is 2. The molecule has 2 aromatic carbocycles. The number of anilines is 1. The highest BCUT2D eigenvalue weighted by Crippen LogP contribution is 2.34. The van der Waals surface area contributed by atoms with Crippen molar-refractivity contribution in [2.24, 2.45) is 0 Å². The van der Waals surface area contributed by atoms with Crippen LogP contribution in [0.1, 0.15) is 12.6 Å². The Morgan fingerprint density at radius 1 is 1.03 bits per heavy atom. The van der Waals surface area contributed by atoms with Gasteiger partial charge in [-0.3, -0.25) is 4.79 Å². The van der Waals surface area contributed by atoms with Crippen molar-refractivity contribution >= 4 is 23.4 Å². The first-order chi connectivity index (χ1) is 15.2. The molecule has 0 radical (unpaired) electrons. The Bertz CT molecular complexity index is 1090. The molecule has 0 aliphatic carbocycles. The number of thioether (sulfide) groups is 1. The molecule has 1 atom stereocenters. The van der Waals surface area contributed by atoms with Gasteiger partial charge in [0.05, 0.1) is 30.9 Å². The van der Waals surface area contributed by atoms with E-state index in [0.29, 0.717) is 22.7 Å². The van der Waals surface area contributed by atoms with Gasteiger partial charge < -0.3 is 14.8 Å². The molecule has 0 aliphatic rings. The number of hydrogen-bond donors (Lipinski definition) is 1. The van der Waals surface area contributed by atoms with Crippen LogP contribution in [-0.4, -0.2) is 35.3 Å². The van der Waals surface area contributed by atoms with Gasteiger partial charge in [0.25, 0.3) is 0 Å². The molecule has 0 saturated heterocycles. The molecule has 0 spiro atoms. The van der Waals surface area contributed by atoms with Gasteiger partial charge in [0.15, 0.2) is 5.16 Å². The number of carbonyl (C=O) groups is 1. The van der Waals surface area contributed by atoms with E-state index in [1.54, 1.807) is 55.5 Å². The molecule has 1 amide bonds. The maximum absolute atomic E-state index is 13.4. The van der Waals surface area contributed by atoms with Crippen LogP contribution in [0.4, 0.5) is 18.9 Å². The maximum Gasteiger partial charge on any atom is 0.433 e. The van der Waals surface area contributed by atoms with Crippen LogP contribution < -0.4 is 14.8 Å². The first-order valence-corrected chi connectivity index (χ1v) is 10.3. The van der Waals surface area contributed by atoms with Crippen molar-refractivity contribution in [3.05, 3.63) is 60.3 Å². The zero-order valence-electron chi connectivity index (χ0n) is 17.4. The standard InChI is InChI=1S/C22H20F3N3O3S/c1-13(20(29)26-16-10-9-15(30-2)11-18(16)31-3)32-21-27-17(14-7-5-4-6-8-14)12-19(28-21)22(23,24)25/h4-13H,1-3H3,(H,26,29)/t13-/m1/s1. The quantitative estimate of drug-likeness (QED) is 0.379. The third kappa shape index (κ3) is 5.70. The number of nitrogens with zero attached hydrogens (tertiary/aromatic N) is 2. The number of rotatable bonds is 7. The molecule has 0 fully saturated rings. The van der Waals surface area contributed by atoms with E-state index in [9.17, 15) is 18.0 Å². The monoisotopic (exact) mass is 463 g/mol. The minimum absolute atomic E-state index is 0.125. The van der Waals surface area contributed by atoms with Gasteiger partial charge in [-0.25, -0.2) is 9.97 Å². The summed E-state index contributed by atoms with van der Waals surface area (Å²) < 4.78 is 50.5. The Hall–Kier alpha value is -3.27. The second-order valence-corrected chi connectivity index (χ2v) is 7.91. The topological polar surface area (TPSA) is 73.3 Å². The highest BCUT2D eigenvalue weighted by Gasteiger charge is 2.34. The predicted octanol–water partition coefficient (Wildman–Crippen LogP) is 5.30. The van der Waals surface area contributed by atoms with E-state index < -0.39 is 23.0 Å². The van der Waals surface area contributed by atoms with Gasteiger partial charge in [-0.2, -0.15) is 13.2 Å². The number of nitrogens with one attached hydrogen (secondary N) is 1. The van der Waals surface area contributed by atoms with Crippen LogP contribution in [0.3, 0.4) is 0 Å². The summed E-state index contributed by atoms with van der Waals surface area (Å²) in [5.41, 5.74) is -0.0267. The molecule has 6 nitrogen and oxygen atoms in total. The largest absolute Gasteiger partial charge is 0.497 e. The van der Waals surface area contributed by atoms with Crippen molar-refractivity contribution in [3.63, 3.8) is 0 Å². The maximum atomic E-state index is 13.4. The van der Waals surface area contributed by atoms with Gasteiger partial charge in [-0.15, -0.1) is 0 Å². The Balaban J connectivity index is 1.83. The lowest BCUT2D eigenvalue weighted by Gasteiger charge is -2.15. The predicted molar refractivity (Wildman–Crippen MR) is 116 cm³/mol. The average molecular weight is 463 g/mol. The molecule has 1 aromatic heterocycles. The molecule has 0 saturated carbocycles. The number of ether oxygens (including phenoxy) is 2. The van der Waals surface area contributed by atoms with E-state index in [4.69, 9.17) is 9.47 Å². The van der Waals surface area contributed by atoms with Gasteiger partial charge in [-0.1, -0.05) is 42.1 Å². The Labute approximate surface area is 187 Å². The van der Waals surface area contributed by atoms with Crippen LogP contribution in [0.2, 0.25) is 0 Å². The van der Waals surface area contributed by atoms with Crippen molar-refractivity contribution in [2.45, 2.75) is 23.5 Å². The summed E-state index contributed by atoms with van der Waals surface area (Å²) in [5.74, 6) is 0.491. The Morgan fingerprint density at radius 2 is 1.75 bits per heavy atom. The number of aromatic nitrogens is 2. The molecule has 168 valence electrons. The number of hydrogen-bond acceptors (Lipinski definition) is 6. The lowest BCUT2D eigenvalue weighted by Crippen LogP contribution is -2.23. The first-order valence-electron chi connectivity index (χ1n) is 9.42. The molecule has 1 N–H and O–H groups in total. The van der Waals surface area contributed by atoms with Crippen LogP contribution >= 0.6 is 11.8 Å². The number of alkyl halides is 3. The van der Waals surface area contributed by atoms with Crippen molar-refractivity contribution in [1.29, 1.82) is 0 Å². The van der Waals surface area contributed by atoms with E-state index in [-0.39, 0.29) is 10.9 Å². The average Bonchev–Trinajstić information content (AvgIpc) is 2.79. The van der Waals surface area contributed by atoms with Gasteiger partial charge in [0, 0.05) is 11.6 Å². The molecule has 3 rings (SSSR count). The smallest absolute Gasteiger partial charge is 0.433 e. The van der Waals surface area contributed by atoms with Crippen molar-refractivity contribution in [2.75, 3.05) is 19.5 Å². The molecule has 32 heavy (non-hydrogen) atoms. The first kappa shape index (κ1) is 23.4. The van der Waals surface area contributed by atoms with E-state index in [1.807, 2.05) is 0 Å². The summed E-state index contributed by atoms with van der Waals surface area (Å²) in [4.78, 5) is 20.5. The third-order valence-electron chi connectivity index (χ3n) is 4.38. The fourth-order valence-electron chi connectivity index (χ4n) is 2.73. The highest BCUT2D eigenvalue weighted by molar-refractivity contribution is 8.00. The summed E-state index contributed by atoms with van der Waals surface area (Å²) in [5, 5.41) is 1.77. The van der Waals surface area contributed by atoms with E-state index in [0.717, 1.165) is 17.8 Å². The van der Waals surface area contributed by atoms with E-state index in [2.05, 4.69) is 15.3 Å². The van der Waals surface area contributed by atoms with Gasteiger partial charge >= 0.3 is 6.18 Å². The fraction of sp³-hybridized carbons (Fsp3) is 0.227. The third-order valence-corrected chi connectivity index (χ3v) is 5.34. The normalized spacial score (nSPS) is 12.2. The van der Waals surface area contributed by atoms with Gasteiger partial charge in [-0.05, 0) is 25.1 Å². The lowest BCUT2D eigenvalue weighted by molar-refractivity contribution is -0.141. The number of benzene rings is 2. The van der Waals surface area contributed by atoms with Crippen LogP contribution in [0.25, 0.3) is 11.3 Å². The summed E-state index contributed by atoms with van der Waals surface area (Å²) in [6.45, 7) is 1.56. The second kappa shape index (κ2) is 9.90. The number of amides is 1. The van der Waals surface area contributed by atoms with Crippen LogP contribution in [0.5, 0.6) is 11.5 Å². The Morgan fingerprint density at radius 3 is 2.38 bits per heavy atom. The SMILES string of the molecule is COc1ccc(NC(=O)[C@@H](C)Sc2nc(-c3ccccc3)cc(C(F)(F)F)n2)c(OC)c1. The lowest BCUT2D eigenvalue weighted by atomic mass is 10.1. The molecular weight excluding hydrogens is 443 g/mol. The zero-order chi connectivity index (χ0) is 23.3. The molecule has 0 unspecified atom stereocenters. The molecular formula is C22H20F3N3O3S. The molecule has 10 heteroatoms. The van der Waals surface area contributed by atoms with Crippen LogP contribution in [-0.2, 0) is 11.0 Å².